The van der Waals surface area contributed by atoms with Gasteiger partial charge in [0.1, 0.15) is 6.33 Å². The molecule has 9 heteroatoms. The molecule has 0 unspecified atom stereocenters. The summed E-state index contributed by atoms with van der Waals surface area (Å²) in [6.45, 7) is 11.1. The molecule has 4 heterocycles. The average Bonchev–Trinajstić information content (AvgIpc) is 3.47. The molecule has 5 rings (SSSR count). The summed E-state index contributed by atoms with van der Waals surface area (Å²) in [7, 11) is 0. The molecular weight excluding hydrogens is 390 g/mol. The first kappa shape index (κ1) is 19.5. The van der Waals surface area contributed by atoms with Crippen LogP contribution in [0.1, 0.15) is 20.8 Å². The third-order valence-corrected chi connectivity index (χ3v) is 5.82. The van der Waals surface area contributed by atoms with Gasteiger partial charge in [-0.05, 0) is 45.0 Å². The monoisotopic (exact) mass is 417 g/mol. The molecule has 3 aromatic heterocycles. The van der Waals surface area contributed by atoms with Crippen LogP contribution < -0.4 is 10.2 Å². The molecule has 0 spiro atoms. The normalized spacial score (nSPS) is 15.5. The minimum absolute atomic E-state index is 0.229. The van der Waals surface area contributed by atoms with Crippen molar-refractivity contribution < 1.29 is 0 Å². The van der Waals surface area contributed by atoms with Gasteiger partial charge in [0.25, 0.3) is 0 Å². The molecular formula is C22H27N9. The van der Waals surface area contributed by atoms with E-state index >= 15 is 0 Å². The van der Waals surface area contributed by atoms with Gasteiger partial charge >= 0.3 is 0 Å². The van der Waals surface area contributed by atoms with Crippen LogP contribution in [0, 0.1) is 0 Å². The molecule has 31 heavy (non-hydrogen) atoms. The number of H-pyrrole nitrogens is 1. The molecule has 1 fully saturated rings. The van der Waals surface area contributed by atoms with Crippen LogP contribution in [-0.4, -0.2) is 66.4 Å². The van der Waals surface area contributed by atoms with E-state index in [1.807, 2.05) is 6.20 Å². The van der Waals surface area contributed by atoms with Crippen molar-refractivity contribution in [2.75, 3.05) is 36.4 Å². The van der Waals surface area contributed by atoms with Crippen molar-refractivity contribution in [3.8, 4) is 11.3 Å². The Morgan fingerprint density at radius 2 is 1.74 bits per heavy atom. The molecule has 0 aliphatic carbocycles. The van der Waals surface area contributed by atoms with E-state index in [9.17, 15) is 0 Å². The number of fused-ring (bicyclic) bond motifs is 1. The molecule has 0 atom stereocenters. The summed E-state index contributed by atoms with van der Waals surface area (Å²) in [6, 6.07) is 8.50. The fourth-order valence-corrected chi connectivity index (χ4v) is 4.02. The van der Waals surface area contributed by atoms with Crippen LogP contribution in [0.4, 0.5) is 17.2 Å². The number of aromatic amines is 1. The van der Waals surface area contributed by atoms with Crippen molar-refractivity contribution in [1.29, 1.82) is 0 Å². The van der Waals surface area contributed by atoms with Crippen LogP contribution in [0.15, 0.2) is 49.2 Å². The molecule has 1 aliphatic rings. The van der Waals surface area contributed by atoms with E-state index in [-0.39, 0.29) is 5.54 Å². The highest BCUT2D eigenvalue weighted by molar-refractivity contribution is 5.73. The molecule has 0 saturated carbocycles. The molecule has 1 saturated heterocycles. The van der Waals surface area contributed by atoms with Gasteiger partial charge < -0.3 is 10.2 Å². The van der Waals surface area contributed by atoms with E-state index in [4.69, 9.17) is 0 Å². The first-order chi connectivity index (χ1) is 15.0. The smallest absolute Gasteiger partial charge is 0.199 e. The van der Waals surface area contributed by atoms with Gasteiger partial charge in [-0.2, -0.15) is 10.2 Å². The summed E-state index contributed by atoms with van der Waals surface area (Å²) >= 11 is 0. The maximum Gasteiger partial charge on any atom is 0.199 e. The quantitative estimate of drug-likeness (QED) is 0.527. The number of anilines is 3. The zero-order valence-electron chi connectivity index (χ0n) is 18.1. The highest BCUT2D eigenvalue weighted by atomic mass is 15.3. The van der Waals surface area contributed by atoms with E-state index in [0.717, 1.165) is 43.1 Å². The Bertz CT molecular complexity index is 1150. The van der Waals surface area contributed by atoms with Crippen molar-refractivity contribution in [3.05, 3.63) is 49.2 Å². The van der Waals surface area contributed by atoms with Gasteiger partial charge in [-0.25, -0.2) is 14.5 Å². The third kappa shape index (κ3) is 3.84. The number of aromatic nitrogens is 6. The van der Waals surface area contributed by atoms with Crippen molar-refractivity contribution in [2.45, 2.75) is 26.3 Å². The van der Waals surface area contributed by atoms with E-state index in [1.165, 1.54) is 12.0 Å². The molecule has 4 aromatic rings. The number of hydrogen-bond donors (Lipinski definition) is 2. The summed E-state index contributed by atoms with van der Waals surface area (Å²) in [6.07, 6.45) is 6.86. The Balaban J connectivity index is 1.31. The highest BCUT2D eigenvalue weighted by Gasteiger charge is 2.25. The lowest BCUT2D eigenvalue weighted by molar-refractivity contribution is 0.128. The maximum absolute atomic E-state index is 4.58. The topological polar surface area (TPSA) is 90.3 Å². The van der Waals surface area contributed by atoms with Crippen LogP contribution >= 0.6 is 0 Å². The second-order valence-corrected chi connectivity index (χ2v) is 8.79. The van der Waals surface area contributed by atoms with Crippen molar-refractivity contribution >= 4 is 22.8 Å². The van der Waals surface area contributed by atoms with Gasteiger partial charge in [-0.3, -0.25) is 10.00 Å². The van der Waals surface area contributed by atoms with Gasteiger partial charge in [0.05, 0.1) is 18.1 Å². The summed E-state index contributed by atoms with van der Waals surface area (Å²) < 4.78 is 1.77. The number of nitrogens with one attached hydrogen (secondary N) is 2. The second-order valence-electron chi connectivity index (χ2n) is 8.79. The second kappa shape index (κ2) is 7.66. The van der Waals surface area contributed by atoms with E-state index in [1.54, 1.807) is 16.9 Å². The third-order valence-electron chi connectivity index (χ3n) is 5.82. The van der Waals surface area contributed by atoms with Crippen molar-refractivity contribution in [2.24, 2.45) is 0 Å². The van der Waals surface area contributed by atoms with Crippen LogP contribution in [0.25, 0.3) is 16.9 Å². The summed E-state index contributed by atoms with van der Waals surface area (Å²) in [5, 5.41) is 14.6. The fourth-order valence-electron chi connectivity index (χ4n) is 4.02. The Morgan fingerprint density at radius 1 is 0.968 bits per heavy atom. The van der Waals surface area contributed by atoms with E-state index in [0.29, 0.717) is 11.5 Å². The Morgan fingerprint density at radius 3 is 2.42 bits per heavy atom. The van der Waals surface area contributed by atoms with Crippen LogP contribution in [0.5, 0.6) is 0 Å². The molecule has 0 bridgehead atoms. The average molecular weight is 418 g/mol. The van der Waals surface area contributed by atoms with E-state index in [2.05, 4.69) is 85.4 Å². The predicted molar refractivity (Wildman–Crippen MR) is 122 cm³/mol. The Hall–Kier alpha value is -3.46. The summed E-state index contributed by atoms with van der Waals surface area (Å²) in [4.78, 5) is 14.0. The molecule has 0 radical (unpaired) electrons. The maximum atomic E-state index is 4.58. The number of piperazine rings is 1. The van der Waals surface area contributed by atoms with Gasteiger partial charge in [0.2, 0.25) is 0 Å². The first-order valence-electron chi connectivity index (χ1n) is 10.5. The standard InChI is InChI=1S/C22H27N9/c1-22(2,3)30-10-8-29(9-11-30)18-6-4-17(5-7-18)28-20-21-24-15-27-31(21)19(14-23-20)16-12-25-26-13-16/h4-7,12-15H,8-11H2,1-3H3,(H,23,28)(H,25,26). The molecule has 0 amide bonds. The highest BCUT2D eigenvalue weighted by Crippen LogP contribution is 2.26. The SMILES string of the molecule is CC(C)(C)N1CCN(c2ccc(Nc3ncc(-c4cn[nH]c4)n4ncnc34)cc2)CC1. The number of nitrogens with zero attached hydrogens (tertiary/aromatic N) is 7. The van der Waals surface area contributed by atoms with Gasteiger partial charge in [-0.1, -0.05) is 0 Å². The number of hydrogen-bond acceptors (Lipinski definition) is 7. The molecule has 1 aromatic carbocycles. The minimum Gasteiger partial charge on any atom is -0.369 e. The number of benzene rings is 1. The minimum atomic E-state index is 0.229. The van der Waals surface area contributed by atoms with Crippen molar-refractivity contribution in [3.63, 3.8) is 0 Å². The predicted octanol–water partition coefficient (Wildman–Crippen LogP) is 3.18. The van der Waals surface area contributed by atoms with Gasteiger partial charge in [0.15, 0.2) is 11.5 Å². The number of rotatable bonds is 4. The molecule has 9 nitrogen and oxygen atoms in total. The van der Waals surface area contributed by atoms with E-state index < -0.39 is 0 Å². The zero-order chi connectivity index (χ0) is 21.4. The Labute approximate surface area is 181 Å². The summed E-state index contributed by atoms with van der Waals surface area (Å²) in [5.74, 6) is 0.663. The first-order valence-corrected chi connectivity index (χ1v) is 10.5. The lowest BCUT2D eigenvalue weighted by atomic mass is 10.0. The van der Waals surface area contributed by atoms with Crippen molar-refractivity contribution in [1.82, 2.24) is 34.7 Å². The lowest BCUT2D eigenvalue weighted by Gasteiger charge is -2.43. The Kier molecular flexibility index (Phi) is 4.82. The lowest BCUT2D eigenvalue weighted by Crippen LogP contribution is -2.53. The summed E-state index contributed by atoms with van der Waals surface area (Å²) in [5.41, 5.74) is 4.84. The molecule has 2 N–H and O–H groups in total. The molecule has 1 aliphatic heterocycles. The molecule has 160 valence electrons. The van der Waals surface area contributed by atoms with Crippen LogP contribution in [0.2, 0.25) is 0 Å². The van der Waals surface area contributed by atoms with Gasteiger partial charge in [-0.15, -0.1) is 0 Å². The zero-order valence-corrected chi connectivity index (χ0v) is 18.1. The largest absolute Gasteiger partial charge is 0.369 e. The van der Waals surface area contributed by atoms with Gasteiger partial charge in [0, 0.05) is 54.9 Å². The van der Waals surface area contributed by atoms with Crippen LogP contribution in [0.3, 0.4) is 0 Å². The fraction of sp³-hybridized carbons (Fsp3) is 0.364. The van der Waals surface area contributed by atoms with Crippen LogP contribution in [-0.2, 0) is 0 Å².